The molecule has 0 unspecified atom stereocenters. The fraction of sp³-hybridized carbons (Fsp3) is 0.0435. The minimum Gasteiger partial charge on any atom is -0.497 e. The lowest BCUT2D eigenvalue weighted by Crippen LogP contribution is -2.18. The van der Waals surface area contributed by atoms with E-state index >= 15 is 0 Å². The molecule has 0 atom stereocenters. The van der Waals surface area contributed by atoms with Crippen LogP contribution in [0.25, 0.3) is 10.6 Å². The van der Waals surface area contributed by atoms with Gasteiger partial charge in [0.1, 0.15) is 10.8 Å². The fourth-order valence-corrected chi connectivity index (χ4v) is 4.71. The molecular weight excluding hydrogens is 446 g/mol. The Kier molecular flexibility index (Phi) is 6.20. The molecule has 0 radical (unpaired) electrons. The molecule has 162 valence electrons. The van der Waals surface area contributed by atoms with Gasteiger partial charge in [-0.1, -0.05) is 12.1 Å². The Bertz CT molecular complexity index is 1320. The number of para-hydroxylation sites is 1. The number of hydrogen-bond donors (Lipinski definition) is 2. The second-order valence-corrected chi connectivity index (χ2v) is 9.27. The summed E-state index contributed by atoms with van der Waals surface area (Å²) in [5.41, 5.74) is 1.92. The molecule has 4 aromatic rings. The summed E-state index contributed by atoms with van der Waals surface area (Å²) >= 11 is 1.53. The standard InChI is InChI=1S/C23H19N3O4S2/c1-30-18-10-12-19(13-11-18)32(28,29)26-21-5-3-2-4-20(21)22(27)25-17-8-6-16(7-9-17)23-24-14-15-31-23/h2-15,26H,1H3,(H,25,27). The summed E-state index contributed by atoms with van der Waals surface area (Å²) in [4.78, 5) is 17.2. The maximum atomic E-state index is 12.9. The van der Waals surface area contributed by atoms with E-state index in [0.29, 0.717) is 11.4 Å². The number of thiazole rings is 1. The van der Waals surface area contributed by atoms with Crippen LogP contribution in [0.3, 0.4) is 0 Å². The maximum Gasteiger partial charge on any atom is 0.261 e. The molecule has 0 fully saturated rings. The lowest BCUT2D eigenvalue weighted by molar-refractivity contribution is 0.102. The van der Waals surface area contributed by atoms with Crippen molar-refractivity contribution >= 4 is 38.6 Å². The number of nitrogens with zero attached hydrogens (tertiary/aromatic N) is 1. The Labute approximate surface area is 189 Å². The Morgan fingerprint density at radius 1 is 0.969 bits per heavy atom. The average molecular weight is 466 g/mol. The smallest absolute Gasteiger partial charge is 0.261 e. The van der Waals surface area contributed by atoms with Gasteiger partial charge >= 0.3 is 0 Å². The number of ether oxygens (including phenoxy) is 1. The average Bonchev–Trinajstić information content (AvgIpc) is 3.35. The Balaban J connectivity index is 1.53. The molecule has 1 aromatic heterocycles. The van der Waals surface area contributed by atoms with E-state index in [9.17, 15) is 13.2 Å². The van der Waals surface area contributed by atoms with Gasteiger partial charge < -0.3 is 10.1 Å². The highest BCUT2D eigenvalue weighted by Crippen LogP contribution is 2.25. The SMILES string of the molecule is COc1ccc(S(=O)(=O)Nc2ccccc2C(=O)Nc2ccc(-c3nccs3)cc2)cc1. The van der Waals surface area contributed by atoms with Crippen LogP contribution in [-0.2, 0) is 10.0 Å². The molecule has 0 aliphatic carbocycles. The normalized spacial score (nSPS) is 11.0. The molecule has 0 saturated carbocycles. The zero-order valence-corrected chi connectivity index (χ0v) is 18.6. The molecular formula is C23H19N3O4S2. The van der Waals surface area contributed by atoms with E-state index in [2.05, 4.69) is 15.0 Å². The molecule has 0 saturated heterocycles. The molecule has 1 amide bonds. The molecule has 9 heteroatoms. The Hall–Kier alpha value is -3.69. The highest BCUT2D eigenvalue weighted by Gasteiger charge is 2.19. The molecule has 0 spiro atoms. The van der Waals surface area contributed by atoms with Gasteiger partial charge in [-0.3, -0.25) is 9.52 Å². The van der Waals surface area contributed by atoms with E-state index in [1.54, 1.807) is 54.7 Å². The van der Waals surface area contributed by atoms with Crippen LogP contribution < -0.4 is 14.8 Å². The van der Waals surface area contributed by atoms with E-state index in [1.807, 2.05) is 17.5 Å². The largest absolute Gasteiger partial charge is 0.497 e. The second kappa shape index (κ2) is 9.21. The minimum atomic E-state index is -3.89. The number of rotatable bonds is 7. The van der Waals surface area contributed by atoms with Gasteiger partial charge in [0.25, 0.3) is 15.9 Å². The van der Waals surface area contributed by atoms with Crippen molar-refractivity contribution in [1.29, 1.82) is 0 Å². The number of anilines is 2. The number of sulfonamides is 1. The summed E-state index contributed by atoms with van der Waals surface area (Å²) in [5.74, 6) is 0.115. The van der Waals surface area contributed by atoms with Crippen molar-refractivity contribution in [2.75, 3.05) is 17.1 Å². The van der Waals surface area contributed by atoms with Crippen molar-refractivity contribution in [3.63, 3.8) is 0 Å². The number of methoxy groups -OCH3 is 1. The van der Waals surface area contributed by atoms with Crippen molar-refractivity contribution in [2.24, 2.45) is 0 Å². The summed E-state index contributed by atoms with van der Waals surface area (Å²) in [6, 6.07) is 19.7. The Morgan fingerprint density at radius 3 is 2.34 bits per heavy atom. The maximum absolute atomic E-state index is 12.9. The van der Waals surface area contributed by atoms with Crippen molar-refractivity contribution in [1.82, 2.24) is 4.98 Å². The van der Waals surface area contributed by atoms with Crippen LogP contribution in [0.4, 0.5) is 11.4 Å². The van der Waals surface area contributed by atoms with Crippen molar-refractivity contribution in [3.05, 3.63) is 89.9 Å². The van der Waals surface area contributed by atoms with Gasteiger partial charge in [0.15, 0.2) is 0 Å². The summed E-state index contributed by atoms with van der Waals surface area (Å²) in [6.07, 6.45) is 1.74. The molecule has 7 nitrogen and oxygen atoms in total. The zero-order valence-electron chi connectivity index (χ0n) is 17.0. The van der Waals surface area contributed by atoms with Crippen molar-refractivity contribution < 1.29 is 17.9 Å². The zero-order chi connectivity index (χ0) is 22.6. The summed E-state index contributed by atoms with van der Waals surface area (Å²) in [6.45, 7) is 0. The van der Waals surface area contributed by atoms with E-state index in [4.69, 9.17) is 4.74 Å². The predicted molar refractivity (Wildman–Crippen MR) is 126 cm³/mol. The highest BCUT2D eigenvalue weighted by atomic mass is 32.2. The van der Waals surface area contributed by atoms with Crippen LogP contribution in [0.5, 0.6) is 5.75 Å². The second-order valence-electron chi connectivity index (χ2n) is 6.70. The van der Waals surface area contributed by atoms with Crippen LogP contribution in [-0.4, -0.2) is 26.4 Å². The van der Waals surface area contributed by atoms with Gasteiger partial charge in [-0.2, -0.15) is 0 Å². The van der Waals surface area contributed by atoms with Crippen LogP contribution in [0.2, 0.25) is 0 Å². The molecule has 4 rings (SSSR count). The van der Waals surface area contributed by atoms with Crippen molar-refractivity contribution in [2.45, 2.75) is 4.90 Å². The number of nitrogens with one attached hydrogen (secondary N) is 2. The van der Waals surface area contributed by atoms with Crippen LogP contribution >= 0.6 is 11.3 Å². The number of benzene rings is 3. The first-order chi connectivity index (χ1) is 15.5. The van der Waals surface area contributed by atoms with Gasteiger partial charge in [-0.25, -0.2) is 13.4 Å². The molecule has 0 aliphatic heterocycles. The summed E-state index contributed by atoms with van der Waals surface area (Å²) in [7, 11) is -2.39. The first-order valence-electron chi connectivity index (χ1n) is 9.53. The molecule has 1 heterocycles. The van der Waals surface area contributed by atoms with Gasteiger partial charge in [0.2, 0.25) is 0 Å². The number of hydrogen-bond acceptors (Lipinski definition) is 6. The number of aromatic nitrogens is 1. The molecule has 0 bridgehead atoms. The molecule has 2 N–H and O–H groups in total. The van der Waals surface area contributed by atoms with E-state index < -0.39 is 15.9 Å². The number of carbonyl (C=O) groups is 1. The monoisotopic (exact) mass is 465 g/mol. The lowest BCUT2D eigenvalue weighted by Gasteiger charge is -2.13. The van der Waals surface area contributed by atoms with Crippen LogP contribution in [0, 0.1) is 0 Å². The number of carbonyl (C=O) groups excluding carboxylic acids is 1. The summed E-state index contributed by atoms with van der Waals surface area (Å²) < 4.78 is 33.2. The van der Waals surface area contributed by atoms with Gasteiger partial charge in [0.05, 0.1) is 23.3 Å². The molecule has 0 aliphatic rings. The number of amides is 1. The van der Waals surface area contributed by atoms with E-state index in [-0.39, 0.29) is 16.1 Å². The fourth-order valence-electron chi connectivity index (χ4n) is 2.99. The molecule has 32 heavy (non-hydrogen) atoms. The van der Waals surface area contributed by atoms with Crippen LogP contribution in [0.1, 0.15) is 10.4 Å². The van der Waals surface area contributed by atoms with Gasteiger partial charge in [-0.05, 0) is 60.7 Å². The third-order valence-corrected chi connectivity index (χ3v) is 6.81. The first kappa shape index (κ1) is 21.5. The third kappa shape index (κ3) is 4.79. The highest BCUT2D eigenvalue weighted by molar-refractivity contribution is 7.92. The quantitative estimate of drug-likeness (QED) is 0.406. The topological polar surface area (TPSA) is 97.4 Å². The van der Waals surface area contributed by atoms with Crippen LogP contribution in [0.15, 0.2) is 89.3 Å². The Morgan fingerprint density at radius 2 is 1.69 bits per heavy atom. The van der Waals surface area contributed by atoms with Gasteiger partial charge in [-0.15, -0.1) is 11.3 Å². The van der Waals surface area contributed by atoms with Crippen molar-refractivity contribution in [3.8, 4) is 16.3 Å². The third-order valence-electron chi connectivity index (χ3n) is 4.61. The minimum absolute atomic E-state index is 0.0614. The van der Waals surface area contributed by atoms with E-state index in [0.717, 1.165) is 10.6 Å². The first-order valence-corrected chi connectivity index (χ1v) is 11.9. The van der Waals surface area contributed by atoms with E-state index in [1.165, 1.54) is 30.6 Å². The predicted octanol–water partition coefficient (Wildman–Crippen LogP) is 4.87. The molecule has 3 aromatic carbocycles. The summed E-state index contributed by atoms with van der Waals surface area (Å²) in [5, 5.41) is 5.59. The lowest BCUT2D eigenvalue weighted by atomic mass is 10.1. The van der Waals surface area contributed by atoms with Gasteiger partial charge in [0, 0.05) is 22.8 Å².